The lowest BCUT2D eigenvalue weighted by molar-refractivity contribution is 0.00556. The molecule has 0 unspecified atom stereocenters. The molecule has 4 aliphatic rings. The molecule has 3 atom stereocenters. The monoisotopic (exact) mass is 232 g/mol. The zero-order chi connectivity index (χ0) is 11.2. The Hall–Kier alpha value is -0.0800. The fourth-order valence-electron chi connectivity index (χ4n) is 4.69. The van der Waals surface area contributed by atoms with Crippen LogP contribution in [0.1, 0.15) is 44.9 Å². The first-order valence-electron chi connectivity index (χ1n) is 7.62. The van der Waals surface area contributed by atoms with Crippen molar-refractivity contribution in [3.63, 3.8) is 0 Å². The van der Waals surface area contributed by atoms with Crippen LogP contribution >= 0.6 is 0 Å². The summed E-state index contributed by atoms with van der Waals surface area (Å²) in [5, 5.41) is 0. The van der Waals surface area contributed by atoms with Crippen LogP contribution in [0.5, 0.6) is 0 Å². The van der Waals surface area contributed by atoms with Gasteiger partial charge < -0.3 is 0 Å². The summed E-state index contributed by atoms with van der Waals surface area (Å²) >= 11 is 0. The van der Waals surface area contributed by atoms with E-state index in [1.165, 1.54) is 64.6 Å². The van der Waals surface area contributed by atoms with Crippen molar-refractivity contribution in [2.75, 3.05) is 19.6 Å². The van der Waals surface area contributed by atoms with Gasteiger partial charge in [0.15, 0.2) is 0 Å². The quantitative estimate of drug-likeness (QED) is 0.633. The minimum atomic E-state index is 0.822. The maximum Gasteiger partial charge on any atom is 0.0338 e. The zero-order valence-electron chi connectivity index (χ0n) is 10.8. The van der Waals surface area contributed by atoms with Gasteiger partial charge in [0.25, 0.3) is 0 Å². The molecule has 94 valence electrons. The number of piperidine rings is 4. The Morgan fingerprint density at radius 3 is 2.88 bits per heavy atom. The van der Waals surface area contributed by atoms with E-state index in [-0.39, 0.29) is 0 Å². The molecule has 0 aromatic carbocycles. The number of hydrogen-bond donors (Lipinski definition) is 0. The second kappa shape index (κ2) is 4.24. The van der Waals surface area contributed by atoms with Crippen molar-refractivity contribution in [1.29, 1.82) is 0 Å². The first-order valence-corrected chi connectivity index (χ1v) is 7.62. The molecule has 0 saturated carbocycles. The molecular weight excluding hydrogens is 208 g/mol. The van der Waals surface area contributed by atoms with Gasteiger partial charge in [-0.3, -0.25) is 9.80 Å². The Kier molecular flexibility index (Phi) is 2.69. The maximum absolute atomic E-state index is 2.80. The van der Waals surface area contributed by atoms with Crippen molar-refractivity contribution in [1.82, 2.24) is 9.80 Å². The third-order valence-corrected chi connectivity index (χ3v) is 5.48. The van der Waals surface area contributed by atoms with Crippen LogP contribution in [-0.2, 0) is 0 Å². The predicted octanol–water partition coefficient (Wildman–Crippen LogP) is 2.47. The minimum Gasteiger partial charge on any atom is -0.299 e. The average molecular weight is 232 g/mol. The smallest absolute Gasteiger partial charge is 0.0338 e. The van der Waals surface area contributed by atoms with E-state index in [4.69, 9.17) is 0 Å². The van der Waals surface area contributed by atoms with Gasteiger partial charge >= 0.3 is 0 Å². The molecule has 4 heterocycles. The molecule has 4 aliphatic heterocycles. The molecule has 4 rings (SSSR count). The minimum absolute atomic E-state index is 0.822. The highest BCUT2D eigenvalue weighted by atomic mass is 15.3. The van der Waals surface area contributed by atoms with E-state index in [0.29, 0.717) is 0 Å². The van der Waals surface area contributed by atoms with Gasteiger partial charge in [-0.2, -0.15) is 0 Å². The summed E-state index contributed by atoms with van der Waals surface area (Å²) < 4.78 is 0. The van der Waals surface area contributed by atoms with E-state index in [1.807, 2.05) is 0 Å². The van der Waals surface area contributed by atoms with Gasteiger partial charge in [-0.05, 0) is 51.1 Å². The van der Waals surface area contributed by atoms with E-state index in [0.717, 1.165) is 18.0 Å². The van der Waals surface area contributed by atoms with E-state index in [2.05, 4.69) is 16.3 Å². The highest BCUT2D eigenvalue weighted by Crippen LogP contribution is 2.45. The molecule has 0 aromatic rings. The molecule has 2 nitrogen and oxygen atoms in total. The van der Waals surface area contributed by atoms with Crippen LogP contribution in [-0.4, -0.2) is 41.5 Å². The fourth-order valence-corrected chi connectivity index (χ4v) is 4.69. The van der Waals surface area contributed by atoms with Crippen molar-refractivity contribution >= 4 is 0 Å². The molecule has 2 bridgehead atoms. The SMILES string of the molecule is [CH]1[C]2C[C@@H](CN3CCCC[C@H]23)[C@@H]2CCCCN12. The van der Waals surface area contributed by atoms with Gasteiger partial charge in [0.1, 0.15) is 0 Å². The van der Waals surface area contributed by atoms with Crippen LogP contribution in [0.3, 0.4) is 0 Å². The standard InChI is InChI=1S/C15H24N2/c1-3-7-16-11-13-9-12(14(16)5-1)10-17-8-4-2-6-15(13)17/h10,13-15H,1-9,11H2/t13-,14+,15-/m0/s1. The summed E-state index contributed by atoms with van der Waals surface area (Å²) in [6.07, 6.45) is 10.1. The normalized spacial score (nSPS) is 44.1. The van der Waals surface area contributed by atoms with Crippen molar-refractivity contribution in [3.05, 3.63) is 12.5 Å². The predicted molar refractivity (Wildman–Crippen MR) is 69.2 cm³/mol. The first kappa shape index (κ1) is 10.8. The Balaban J connectivity index is 1.56. The van der Waals surface area contributed by atoms with Gasteiger partial charge in [0.2, 0.25) is 0 Å². The van der Waals surface area contributed by atoms with E-state index < -0.39 is 0 Å². The number of rotatable bonds is 0. The van der Waals surface area contributed by atoms with Crippen LogP contribution in [0.2, 0.25) is 0 Å². The summed E-state index contributed by atoms with van der Waals surface area (Å²) in [5.74, 6) is 2.73. The first-order chi connectivity index (χ1) is 8.42. The van der Waals surface area contributed by atoms with Crippen LogP contribution in [0.15, 0.2) is 0 Å². The van der Waals surface area contributed by atoms with E-state index >= 15 is 0 Å². The van der Waals surface area contributed by atoms with Crippen molar-refractivity contribution in [2.24, 2.45) is 5.92 Å². The van der Waals surface area contributed by atoms with E-state index in [9.17, 15) is 0 Å². The van der Waals surface area contributed by atoms with Crippen molar-refractivity contribution in [3.8, 4) is 0 Å². The van der Waals surface area contributed by atoms with Crippen molar-refractivity contribution in [2.45, 2.75) is 57.0 Å². The lowest BCUT2D eigenvalue weighted by Crippen LogP contribution is -2.60. The molecule has 2 heteroatoms. The Morgan fingerprint density at radius 2 is 1.88 bits per heavy atom. The molecule has 0 amide bonds. The van der Waals surface area contributed by atoms with Gasteiger partial charge in [0, 0.05) is 31.1 Å². The molecule has 0 N–H and O–H groups in total. The van der Waals surface area contributed by atoms with Gasteiger partial charge in [-0.1, -0.05) is 12.8 Å². The van der Waals surface area contributed by atoms with Crippen LogP contribution < -0.4 is 0 Å². The third-order valence-electron chi connectivity index (χ3n) is 5.48. The lowest BCUT2D eigenvalue weighted by Gasteiger charge is -2.56. The Bertz CT molecular complexity index is 263. The summed E-state index contributed by atoms with van der Waals surface area (Å²) in [7, 11) is 0. The highest BCUT2D eigenvalue weighted by molar-refractivity contribution is 5.21. The summed E-state index contributed by atoms with van der Waals surface area (Å²) in [5.41, 5.74) is 0. The van der Waals surface area contributed by atoms with Crippen LogP contribution in [0, 0.1) is 18.4 Å². The molecule has 0 spiro atoms. The Morgan fingerprint density at radius 1 is 1.00 bits per heavy atom. The van der Waals surface area contributed by atoms with Gasteiger partial charge in [-0.25, -0.2) is 0 Å². The van der Waals surface area contributed by atoms with Crippen molar-refractivity contribution < 1.29 is 0 Å². The van der Waals surface area contributed by atoms with E-state index in [1.54, 1.807) is 5.92 Å². The lowest BCUT2D eigenvalue weighted by atomic mass is 9.71. The molecule has 17 heavy (non-hydrogen) atoms. The third kappa shape index (κ3) is 1.76. The van der Waals surface area contributed by atoms with Gasteiger partial charge in [0.05, 0.1) is 0 Å². The number of nitrogens with zero attached hydrogens (tertiary/aromatic N) is 2. The second-order valence-electron chi connectivity index (χ2n) is 6.48. The molecule has 0 aromatic heterocycles. The summed E-state index contributed by atoms with van der Waals surface area (Å²) in [4.78, 5) is 5.51. The molecule has 4 fully saturated rings. The second-order valence-corrected chi connectivity index (χ2v) is 6.48. The molecule has 0 aliphatic carbocycles. The van der Waals surface area contributed by atoms with Crippen LogP contribution in [0.4, 0.5) is 0 Å². The average Bonchev–Trinajstić information content (AvgIpc) is 2.39. The zero-order valence-corrected chi connectivity index (χ0v) is 10.8. The summed E-state index contributed by atoms with van der Waals surface area (Å²) in [6, 6.07) is 1.71. The molecular formula is C15H24N2. The van der Waals surface area contributed by atoms with Crippen LogP contribution in [0.25, 0.3) is 0 Å². The maximum atomic E-state index is 2.80. The Labute approximate surface area is 105 Å². The topological polar surface area (TPSA) is 6.48 Å². The fraction of sp³-hybridized carbons (Fsp3) is 0.867. The van der Waals surface area contributed by atoms with Gasteiger partial charge in [-0.15, -0.1) is 0 Å². The number of hydrogen-bond acceptors (Lipinski definition) is 2. The number of fused-ring (bicyclic) bond motifs is 6. The molecule has 2 radical (unpaired) electrons. The largest absolute Gasteiger partial charge is 0.299 e. The summed E-state index contributed by atoms with van der Waals surface area (Å²) in [6.45, 7) is 6.66. The molecule has 4 saturated heterocycles. The highest BCUT2D eigenvalue weighted by Gasteiger charge is 2.46.